The fourth-order valence-corrected chi connectivity index (χ4v) is 5.07. The van der Waals surface area contributed by atoms with Gasteiger partial charge in [0.05, 0.1) is 10.6 Å². The molecule has 6 heteroatoms. The van der Waals surface area contributed by atoms with Crippen LogP contribution in [0, 0.1) is 0 Å². The minimum absolute atomic E-state index is 0.00956. The summed E-state index contributed by atoms with van der Waals surface area (Å²) in [5, 5.41) is 4.36. The molecule has 1 amide bonds. The van der Waals surface area contributed by atoms with Gasteiger partial charge in [-0.3, -0.25) is 4.79 Å². The molecule has 0 radical (unpaired) electrons. The van der Waals surface area contributed by atoms with Crippen LogP contribution >= 0.6 is 34.7 Å². The number of anilines is 1. The lowest BCUT2D eigenvalue weighted by Gasteiger charge is -2.03. The summed E-state index contributed by atoms with van der Waals surface area (Å²) >= 11 is 9.15. The predicted octanol–water partition coefficient (Wildman–Crippen LogP) is 7.64. The number of halogens is 1. The lowest BCUT2D eigenvalue weighted by molar-refractivity contribution is -0.116. The van der Waals surface area contributed by atoms with Crippen LogP contribution in [0.4, 0.5) is 5.13 Å². The summed E-state index contributed by atoms with van der Waals surface area (Å²) in [5.74, 6) is 0.863. The number of hydrogen-bond acceptors (Lipinski definition) is 4. The van der Waals surface area contributed by atoms with Gasteiger partial charge in [0.2, 0.25) is 5.91 Å². The third-order valence-corrected chi connectivity index (χ3v) is 6.96. The van der Waals surface area contributed by atoms with Gasteiger partial charge in [-0.05, 0) is 42.0 Å². The molecule has 0 bridgehead atoms. The van der Waals surface area contributed by atoms with Gasteiger partial charge in [0, 0.05) is 21.9 Å². The fourth-order valence-electron chi connectivity index (χ4n) is 3.09. The summed E-state index contributed by atoms with van der Waals surface area (Å²) in [6.45, 7) is 0. The summed E-state index contributed by atoms with van der Waals surface area (Å²) in [6, 6.07) is 28.0. The number of amides is 1. The lowest BCUT2D eigenvalue weighted by Crippen LogP contribution is -2.11. The minimum atomic E-state index is -0.00956. The molecule has 0 spiro atoms. The second-order valence-corrected chi connectivity index (χ2v) is 9.49. The highest BCUT2D eigenvalue weighted by atomic mass is 35.5. The molecule has 3 nitrogen and oxygen atoms in total. The highest BCUT2D eigenvalue weighted by molar-refractivity contribution is 7.99. The molecule has 0 aliphatic heterocycles. The molecule has 4 rings (SSSR count). The molecule has 31 heavy (non-hydrogen) atoms. The number of aromatic nitrogens is 1. The van der Waals surface area contributed by atoms with Crippen LogP contribution in [0.15, 0.2) is 89.8 Å². The molecular formula is C25H21ClN2OS2. The molecule has 0 saturated carbocycles. The van der Waals surface area contributed by atoms with Crippen LogP contribution in [0.1, 0.15) is 12.8 Å². The van der Waals surface area contributed by atoms with Crippen LogP contribution in [-0.2, 0) is 4.79 Å². The van der Waals surface area contributed by atoms with Crippen LogP contribution in [0.5, 0.6) is 0 Å². The van der Waals surface area contributed by atoms with E-state index < -0.39 is 0 Å². The maximum Gasteiger partial charge on any atom is 0.226 e. The van der Waals surface area contributed by atoms with Crippen LogP contribution in [0.3, 0.4) is 0 Å². The SMILES string of the molecule is O=C(CCCSc1ccc(Cl)cc1)Nc1nc(-c2ccccc2)c(-c2ccccc2)s1. The van der Waals surface area contributed by atoms with E-state index in [0.29, 0.717) is 11.6 Å². The number of thioether (sulfide) groups is 1. The second-order valence-electron chi connectivity index (χ2n) is 6.88. The molecule has 3 aromatic carbocycles. The number of benzene rings is 3. The van der Waals surface area contributed by atoms with Crippen molar-refractivity contribution >= 4 is 45.7 Å². The zero-order chi connectivity index (χ0) is 21.5. The highest BCUT2D eigenvalue weighted by Gasteiger charge is 2.16. The normalized spacial score (nSPS) is 10.7. The van der Waals surface area contributed by atoms with E-state index in [9.17, 15) is 4.79 Å². The quantitative estimate of drug-likeness (QED) is 0.215. The van der Waals surface area contributed by atoms with Crippen LogP contribution in [-0.4, -0.2) is 16.6 Å². The van der Waals surface area contributed by atoms with Gasteiger partial charge in [-0.1, -0.05) is 83.6 Å². The van der Waals surface area contributed by atoms with Gasteiger partial charge in [0.25, 0.3) is 0 Å². The van der Waals surface area contributed by atoms with Gasteiger partial charge in [0.1, 0.15) is 0 Å². The third-order valence-electron chi connectivity index (χ3n) is 4.59. The molecule has 156 valence electrons. The number of nitrogens with zero attached hydrogens (tertiary/aromatic N) is 1. The first-order valence-electron chi connectivity index (χ1n) is 9.99. The Hall–Kier alpha value is -2.60. The van der Waals surface area contributed by atoms with Crippen molar-refractivity contribution < 1.29 is 4.79 Å². The predicted molar refractivity (Wildman–Crippen MR) is 133 cm³/mol. The first kappa shape index (κ1) is 21.6. The van der Waals surface area contributed by atoms with E-state index in [4.69, 9.17) is 16.6 Å². The van der Waals surface area contributed by atoms with Gasteiger partial charge >= 0.3 is 0 Å². The fraction of sp³-hybridized carbons (Fsp3) is 0.120. The summed E-state index contributed by atoms with van der Waals surface area (Å²) in [6.07, 6.45) is 1.25. The van der Waals surface area contributed by atoms with E-state index in [1.165, 1.54) is 11.3 Å². The molecule has 4 aromatic rings. The highest BCUT2D eigenvalue weighted by Crippen LogP contribution is 2.38. The van der Waals surface area contributed by atoms with Crippen LogP contribution in [0.25, 0.3) is 21.7 Å². The van der Waals surface area contributed by atoms with Gasteiger partial charge in [-0.25, -0.2) is 4.98 Å². The first-order valence-corrected chi connectivity index (χ1v) is 12.2. The maximum atomic E-state index is 12.5. The number of nitrogens with one attached hydrogen (secondary N) is 1. The summed E-state index contributed by atoms with van der Waals surface area (Å²) < 4.78 is 0. The maximum absolute atomic E-state index is 12.5. The molecule has 1 aromatic heterocycles. The molecule has 0 saturated heterocycles. The molecule has 0 fully saturated rings. The van der Waals surface area contributed by atoms with E-state index in [0.717, 1.165) is 43.8 Å². The number of carbonyl (C=O) groups excluding carboxylic acids is 1. The van der Waals surface area contributed by atoms with Crippen molar-refractivity contribution in [1.29, 1.82) is 0 Å². The summed E-state index contributed by atoms with van der Waals surface area (Å²) in [4.78, 5) is 19.5. The Labute approximate surface area is 195 Å². The zero-order valence-electron chi connectivity index (χ0n) is 16.8. The molecule has 1 N–H and O–H groups in total. The monoisotopic (exact) mass is 464 g/mol. The average Bonchev–Trinajstić information content (AvgIpc) is 3.23. The third kappa shape index (κ3) is 5.97. The Morgan fingerprint density at radius 3 is 2.23 bits per heavy atom. The topological polar surface area (TPSA) is 42.0 Å². The first-order chi connectivity index (χ1) is 15.2. The number of hydrogen-bond donors (Lipinski definition) is 1. The Kier molecular flexibility index (Phi) is 7.41. The standard InChI is InChI=1S/C25H21ClN2OS2/c26-20-13-15-21(16-14-20)30-17-7-12-22(29)27-25-28-23(18-8-3-1-4-9-18)24(31-25)19-10-5-2-6-11-19/h1-6,8-11,13-16H,7,12,17H2,(H,27,28,29). The van der Waals surface area contributed by atoms with Crippen molar-refractivity contribution in [3.63, 3.8) is 0 Å². The minimum Gasteiger partial charge on any atom is -0.302 e. The molecule has 1 heterocycles. The van der Waals surface area contributed by atoms with E-state index in [2.05, 4.69) is 17.4 Å². The second kappa shape index (κ2) is 10.6. The Bertz CT molecular complexity index is 1070. The largest absolute Gasteiger partial charge is 0.302 e. The van der Waals surface area contributed by atoms with Gasteiger partial charge < -0.3 is 5.32 Å². The average molecular weight is 465 g/mol. The van der Waals surface area contributed by atoms with E-state index in [1.54, 1.807) is 11.8 Å². The molecule has 0 aliphatic carbocycles. The van der Waals surface area contributed by atoms with Crippen LogP contribution in [0.2, 0.25) is 5.02 Å². The van der Waals surface area contributed by atoms with Gasteiger partial charge in [-0.15, -0.1) is 11.8 Å². The number of carbonyl (C=O) groups is 1. The molecule has 0 atom stereocenters. The van der Waals surface area contributed by atoms with Crippen molar-refractivity contribution in [2.45, 2.75) is 17.7 Å². The zero-order valence-corrected chi connectivity index (χ0v) is 19.1. The summed E-state index contributed by atoms with van der Waals surface area (Å²) in [7, 11) is 0. The van der Waals surface area contributed by atoms with E-state index >= 15 is 0 Å². The lowest BCUT2D eigenvalue weighted by atomic mass is 10.1. The smallest absolute Gasteiger partial charge is 0.226 e. The summed E-state index contributed by atoms with van der Waals surface area (Å²) in [5.41, 5.74) is 3.03. The Morgan fingerprint density at radius 1 is 0.903 bits per heavy atom. The molecule has 0 unspecified atom stereocenters. The molecular weight excluding hydrogens is 444 g/mol. The number of rotatable bonds is 8. The van der Waals surface area contributed by atoms with Crippen molar-refractivity contribution in [1.82, 2.24) is 4.98 Å². The number of thiazole rings is 1. The van der Waals surface area contributed by atoms with Crippen molar-refractivity contribution in [2.24, 2.45) is 0 Å². The van der Waals surface area contributed by atoms with E-state index in [1.807, 2.05) is 72.8 Å². The van der Waals surface area contributed by atoms with Crippen molar-refractivity contribution in [3.05, 3.63) is 90.0 Å². The van der Waals surface area contributed by atoms with Crippen molar-refractivity contribution in [3.8, 4) is 21.7 Å². The Balaban J connectivity index is 1.40. The van der Waals surface area contributed by atoms with Gasteiger partial charge in [0.15, 0.2) is 5.13 Å². The van der Waals surface area contributed by atoms with Crippen molar-refractivity contribution in [2.75, 3.05) is 11.1 Å². The Morgan fingerprint density at radius 2 is 1.55 bits per heavy atom. The van der Waals surface area contributed by atoms with Crippen LogP contribution < -0.4 is 5.32 Å². The van der Waals surface area contributed by atoms with Gasteiger partial charge in [-0.2, -0.15) is 0 Å². The molecule has 0 aliphatic rings. The van der Waals surface area contributed by atoms with E-state index in [-0.39, 0.29) is 5.91 Å².